The molecule has 0 saturated carbocycles. The van der Waals surface area contributed by atoms with E-state index in [1.165, 1.54) is 218 Å². The van der Waals surface area contributed by atoms with Gasteiger partial charge >= 0.3 is 17.9 Å². The molecule has 0 rings (SSSR count). The SMILES string of the molecule is CC/C=C\C/C=C\C/C=C\C/C=C\CCCCCCCCCCCCCCCCC(=O)OCC(COC(=O)CCCCCCC/C=C\CCCCCCCC)OC(=O)CCCCCCCCC/C=C\CCCCCCCCC. The van der Waals surface area contributed by atoms with Gasteiger partial charge in [0.05, 0.1) is 0 Å². The second kappa shape index (κ2) is 66.4. The summed E-state index contributed by atoms with van der Waals surface area (Å²) in [4.78, 5) is 38.4. The minimum Gasteiger partial charge on any atom is -0.462 e. The lowest BCUT2D eigenvalue weighted by Gasteiger charge is -2.18. The molecule has 0 spiro atoms. The van der Waals surface area contributed by atoms with E-state index < -0.39 is 6.10 Å². The smallest absolute Gasteiger partial charge is 0.306 e. The Labute approximate surface area is 484 Å². The molecule has 0 heterocycles. The van der Waals surface area contributed by atoms with Gasteiger partial charge in [-0.05, 0) is 109 Å². The van der Waals surface area contributed by atoms with Crippen molar-refractivity contribution in [1.82, 2.24) is 0 Å². The lowest BCUT2D eigenvalue weighted by molar-refractivity contribution is -0.167. The quantitative estimate of drug-likeness (QED) is 0.0261. The number of ether oxygens (including phenoxy) is 3. The first-order valence-electron chi connectivity index (χ1n) is 33.9. The first kappa shape index (κ1) is 74.8. The fraction of sp³-hybridized carbons (Fsp3) is 0.792. The molecule has 0 aromatic carbocycles. The number of carbonyl (C=O) groups excluding carboxylic acids is 3. The van der Waals surface area contributed by atoms with Gasteiger partial charge in [0.15, 0.2) is 6.10 Å². The summed E-state index contributed by atoms with van der Waals surface area (Å²) in [6.07, 6.45) is 86.3. The van der Waals surface area contributed by atoms with E-state index in [4.69, 9.17) is 14.2 Å². The zero-order valence-corrected chi connectivity index (χ0v) is 51.9. The zero-order chi connectivity index (χ0) is 56.4. The van der Waals surface area contributed by atoms with Gasteiger partial charge in [-0.15, -0.1) is 0 Å². The van der Waals surface area contributed by atoms with E-state index in [0.717, 1.165) is 89.9 Å². The third-order valence-electron chi connectivity index (χ3n) is 14.9. The monoisotopic (exact) mass is 1090 g/mol. The molecule has 0 fully saturated rings. The van der Waals surface area contributed by atoms with Crippen molar-refractivity contribution in [2.24, 2.45) is 0 Å². The number of esters is 3. The Morgan fingerprint density at radius 3 is 0.795 bits per heavy atom. The van der Waals surface area contributed by atoms with E-state index in [-0.39, 0.29) is 31.1 Å². The molecule has 0 aliphatic heterocycles. The standard InChI is InChI=1S/C72H128O6/c1-4-7-10-13-16-19-22-25-28-30-32-33-34-35-36-37-38-39-40-42-44-47-50-53-56-59-62-65-71(74)77-68-69(67-76-70(73)64-61-58-55-52-49-46-43-27-24-21-18-15-12-9-6-3)78-72(75)66-63-60-57-54-51-48-45-41-31-29-26-23-20-17-14-11-8-5-2/h7,10,16,19,25,27-29,31-33,43,69H,4-6,8-9,11-15,17-18,20-24,26,30,34-42,44-68H2,1-3H3/b10-7-,19-16-,28-25-,31-29-,33-32-,43-27-. The van der Waals surface area contributed by atoms with E-state index >= 15 is 0 Å². The van der Waals surface area contributed by atoms with Crippen molar-refractivity contribution in [3.05, 3.63) is 72.9 Å². The number of allylic oxidation sites excluding steroid dienone is 12. The fourth-order valence-corrected chi connectivity index (χ4v) is 9.84. The highest BCUT2D eigenvalue weighted by molar-refractivity contribution is 5.71. The Morgan fingerprint density at radius 2 is 0.500 bits per heavy atom. The summed E-state index contributed by atoms with van der Waals surface area (Å²) in [6.45, 7) is 6.56. The maximum absolute atomic E-state index is 12.9. The molecule has 0 amide bonds. The summed E-state index contributed by atoms with van der Waals surface area (Å²) in [7, 11) is 0. The summed E-state index contributed by atoms with van der Waals surface area (Å²) in [6, 6.07) is 0. The second-order valence-corrected chi connectivity index (χ2v) is 22.7. The molecule has 6 nitrogen and oxygen atoms in total. The average Bonchev–Trinajstić information content (AvgIpc) is 3.44. The number of unbranched alkanes of at least 4 members (excludes halogenated alkanes) is 39. The van der Waals surface area contributed by atoms with Crippen LogP contribution < -0.4 is 0 Å². The molecule has 78 heavy (non-hydrogen) atoms. The summed E-state index contributed by atoms with van der Waals surface area (Å²) >= 11 is 0. The van der Waals surface area contributed by atoms with E-state index in [0.29, 0.717) is 19.3 Å². The fourth-order valence-electron chi connectivity index (χ4n) is 9.84. The van der Waals surface area contributed by atoms with E-state index in [1.807, 2.05) is 0 Å². The molecule has 0 aromatic rings. The summed E-state index contributed by atoms with van der Waals surface area (Å²) < 4.78 is 17.0. The van der Waals surface area contributed by atoms with Crippen molar-refractivity contribution < 1.29 is 28.6 Å². The van der Waals surface area contributed by atoms with Crippen LogP contribution >= 0.6 is 0 Å². The van der Waals surface area contributed by atoms with Crippen molar-refractivity contribution in [2.75, 3.05) is 13.2 Å². The molecule has 0 aliphatic rings. The van der Waals surface area contributed by atoms with Crippen LogP contribution in [-0.4, -0.2) is 37.2 Å². The van der Waals surface area contributed by atoms with Crippen molar-refractivity contribution in [2.45, 2.75) is 354 Å². The molecular formula is C72H128O6. The van der Waals surface area contributed by atoms with Gasteiger partial charge in [-0.2, -0.15) is 0 Å². The maximum atomic E-state index is 12.9. The minimum absolute atomic E-state index is 0.0771. The Balaban J connectivity index is 4.29. The van der Waals surface area contributed by atoms with Gasteiger partial charge in [0.1, 0.15) is 13.2 Å². The molecule has 0 N–H and O–H groups in total. The Kier molecular flexibility index (Phi) is 63.7. The first-order valence-corrected chi connectivity index (χ1v) is 33.9. The van der Waals surface area contributed by atoms with Gasteiger partial charge in [-0.25, -0.2) is 0 Å². The van der Waals surface area contributed by atoms with Crippen molar-refractivity contribution in [3.8, 4) is 0 Å². The number of carbonyl (C=O) groups is 3. The molecular weight excluding hydrogens is 961 g/mol. The second-order valence-electron chi connectivity index (χ2n) is 22.7. The Morgan fingerprint density at radius 1 is 0.269 bits per heavy atom. The number of hydrogen-bond acceptors (Lipinski definition) is 6. The average molecular weight is 1090 g/mol. The van der Waals surface area contributed by atoms with Crippen LogP contribution in [0.15, 0.2) is 72.9 Å². The largest absolute Gasteiger partial charge is 0.462 e. The molecule has 0 radical (unpaired) electrons. The number of hydrogen-bond donors (Lipinski definition) is 0. The summed E-state index contributed by atoms with van der Waals surface area (Å²) in [5, 5.41) is 0. The highest BCUT2D eigenvalue weighted by atomic mass is 16.6. The minimum atomic E-state index is -0.781. The molecule has 6 heteroatoms. The highest BCUT2D eigenvalue weighted by Crippen LogP contribution is 2.17. The lowest BCUT2D eigenvalue weighted by atomic mass is 10.0. The topological polar surface area (TPSA) is 78.9 Å². The Hall–Kier alpha value is -3.15. The van der Waals surface area contributed by atoms with E-state index in [2.05, 4.69) is 93.7 Å². The zero-order valence-electron chi connectivity index (χ0n) is 51.9. The van der Waals surface area contributed by atoms with Crippen LogP contribution in [-0.2, 0) is 28.6 Å². The van der Waals surface area contributed by atoms with Gasteiger partial charge in [-0.3, -0.25) is 14.4 Å². The third kappa shape index (κ3) is 63.7. The summed E-state index contributed by atoms with van der Waals surface area (Å²) in [5.74, 6) is -0.872. The van der Waals surface area contributed by atoms with Gasteiger partial charge in [0.25, 0.3) is 0 Å². The normalized spacial score (nSPS) is 12.5. The lowest BCUT2D eigenvalue weighted by Crippen LogP contribution is -2.30. The van der Waals surface area contributed by atoms with Crippen molar-refractivity contribution >= 4 is 17.9 Å². The third-order valence-corrected chi connectivity index (χ3v) is 14.9. The van der Waals surface area contributed by atoms with Crippen LogP contribution in [0.1, 0.15) is 348 Å². The molecule has 0 aromatic heterocycles. The predicted molar refractivity (Wildman–Crippen MR) is 339 cm³/mol. The summed E-state index contributed by atoms with van der Waals surface area (Å²) in [5.41, 5.74) is 0. The van der Waals surface area contributed by atoms with Gasteiger partial charge in [0.2, 0.25) is 0 Å². The van der Waals surface area contributed by atoms with Crippen LogP contribution in [0.3, 0.4) is 0 Å². The molecule has 0 bridgehead atoms. The maximum Gasteiger partial charge on any atom is 0.306 e. The van der Waals surface area contributed by atoms with Crippen LogP contribution in [0.25, 0.3) is 0 Å². The molecule has 1 unspecified atom stereocenters. The van der Waals surface area contributed by atoms with Gasteiger partial charge < -0.3 is 14.2 Å². The van der Waals surface area contributed by atoms with E-state index in [9.17, 15) is 14.4 Å². The van der Waals surface area contributed by atoms with Crippen LogP contribution in [0.2, 0.25) is 0 Å². The Bertz CT molecular complexity index is 1440. The van der Waals surface area contributed by atoms with Crippen LogP contribution in [0, 0.1) is 0 Å². The number of rotatable bonds is 62. The first-order chi connectivity index (χ1) is 38.5. The van der Waals surface area contributed by atoms with E-state index in [1.54, 1.807) is 0 Å². The van der Waals surface area contributed by atoms with Gasteiger partial charge in [0, 0.05) is 19.3 Å². The molecule has 0 aliphatic carbocycles. The van der Waals surface area contributed by atoms with Crippen molar-refractivity contribution in [3.63, 3.8) is 0 Å². The van der Waals surface area contributed by atoms with Crippen molar-refractivity contribution in [1.29, 1.82) is 0 Å². The predicted octanol–water partition coefficient (Wildman–Crippen LogP) is 23.3. The molecule has 1 atom stereocenters. The molecule has 452 valence electrons. The molecule has 0 saturated heterocycles. The highest BCUT2D eigenvalue weighted by Gasteiger charge is 2.19. The van der Waals surface area contributed by atoms with Crippen LogP contribution in [0.4, 0.5) is 0 Å². The van der Waals surface area contributed by atoms with Crippen LogP contribution in [0.5, 0.6) is 0 Å². The van der Waals surface area contributed by atoms with Gasteiger partial charge in [-0.1, -0.05) is 293 Å².